The minimum absolute atomic E-state index is 0.247. The van der Waals surface area contributed by atoms with Gasteiger partial charge in [0, 0.05) is 25.4 Å². The van der Waals surface area contributed by atoms with E-state index in [0.29, 0.717) is 22.4 Å². The molecule has 21 heavy (non-hydrogen) atoms. The fourth-order valence-electron chi connectivity index (χ4n) is 2.49. The number of halogens is 1. The number of hydrogen-bond donors (Lipinski definition) is 0. The molecule has 1 nitrogen and oxygen atoms in total. The van der Waals surface area contributed by atoms with Gasteiger partial charge in [-0.05, 0) is 54.9 Å². The first kappa shape index (κ1) is 9.34. The van der Waals surface area contributed by atoms with Crippen molar-refractivity contribution in [3.63, 3.8) is 0 Å². The van der Waals surface area contributed by atoms with Crippen molar-refractivity contribution in [1.29, 1.82) is 0 Å². The summed E-state index contributed by atoms with van der Waals surface area (Å²) in [6.07, 6.45) is 1.56. The number of nitrogens with zero attached hydrogens (tertiary/aromatic N) is 1. The number of pyridine rings is 1. The third-order valence-electron chi connectivity index (χ3n) is 3.67. The number of rotatable bonds is 1. The van der Waals surface area contributed by atoms with Crippen molar-refractivity contribution in [2.45, 2.75) is 46.8 Å². The standard InChI is InChI=1S/C19H25FN/c1-12-9-17(20)13(2)8-15(12)18-10-16(19(4,5)6)14(3)11-21(18)7/h8-11H,1-7H3/q+1/i2D3,3D3. The Bertz CT molecular complexity index is 876. The first-order valence-corrected chi connectivity index (χ1v) is 6.89. The summed E-state index contributed by atoms with van der Waals surface area (Å²) in [5, 5.41) is 0. The van der Waals surface area contributed by atoms with Gasteiger partial charge in [-0.15, -0.1) is 0 Å². The average molecular weight is 292 g/mol. The smallest absolute Gasteiger partial charge is 0.207 e. The molecule has 0 bridgehead atoms. The molecule has 2 heteroatoms. The highest BCUT2D eigenvalue weighted by molar-refractivity contribution is 5.63. The summed E-state index contributed by atoms with van der Waals surface area (Å²) in [5.41, 5.74) is 1.89. The molecule has 0 N–H and O–H groups in total. The van der Waals surface area contributed by atoms with Crippen LogP contribution in [0.4, 0.5) is 4.39 Å². The Balaban J connectivity index is 2.85. The van der Waals surface area contributed by atoms with Crippen LogP contribution in [0, 0.1) is 26.4 Å². The molecule has 0 radical (unpaired) electrons. The van der Waals surface area contributed by atoms with Gasteiger partial charge in [0.1, 0.15) is 12.9 Å². The third-order valence-corrected chi connectivity index (χ3v) is 3.67. The largest absolute Gasteiger partial charge is 0.212 e. The van der Waals surface area contributed by atoms with Crippen LogP contribution in [0.3, 0.4) is 0 Å². The lowest BCUT2D eigenvalue weighted by Gasteiger charge is -2.21. The highest BCUT2D eigenvalue weighted by Gasteiger charge is 2.23. The van der Waals surface area contributed by atoms with E-state index in [2.05, 4.69) is 0 Å². The first-order chi connectivity index (χ1) is 12.0. The zero-order valence-electron chi connectivity index (χ0n) is 19.1. The SMILES string of the molecule is [2H]C([2H])([2H])c1cc(-c2cc(C(C)(C)C)c(C([2H])([2H])[2H])c[n+]2C)c(C)cc1F. The van der Waals surface area contributed by atoms with Gasteiger partial charge in [-0.3, -0.25) is 0 Å². The summed E-state index contributed by atoms with van der Waals surface area (Å²) >= 11 is 0. The maximum Gasteiger partial charge on any atom is 0.212 e. The minimum atomic E-state index is -2.57. The number of aromatic nitrogens is 1. The van der Waals surface area contributed by atoms with Gasteiger partial charge < -0.3 is 0 Å². The van der Waals surface area contributed by atoms with E-state index in [1.54, 1.807) is 30.8 Å². The quantitative estimate of drug-likeness (QED) is 0.679. The fourth-order valence-corrected chi connectivity index (χ4v) is 2.49. The second kappa shape index (κ2) is 5.25. The monoisotopic (exact) mass is 292 g/mol. The van der Waals surface area contributed by atoms with E-state index in [9.17, 15) is 4.39 Å². The Morgan fingerprint density at radius 3 is 2.29 bits per heavy atom. The molecule has 0 fully saturated rings. The van der Waals surface area contributed by atoms with Gasteiger partial charge in [0.15, 0.2) is 6.20 Å². The summed E-state index contributed by atoms with van der Waals surface area (Å²) in [6.45, 7) is 2.62. The van der Waals surface area contributed by atoms with Crippen molar-refractivity contribution in [3.8, 4) is 11.3 Å². The van der Waals surface area contributed by atoms with Crippen LogP contribution in [0.15, 0.2) is 24.4 Å². The summed E-state index contributed by atoms with van der Waals surface area (Å²) in [4.78, 5) is 0. The maximum absolute atomic E-state index is 14.2. The van der Waals surface area contributed by atoms with Crippen molar-refractivity contribution >= 4 is 0 Å². The van der Waals surface area contributed by atoms with E-state index in [1.165, 1.54) is 12.1 Å². The maximum atomic E-state index is 14.2. The van der Waals surface area contributed by atoms with Crippen molar-refractivity contribution < 1.29 is 17.2 Å². The van der Waals surface area contributed by atoms with E-state index in [4.69, 9.17) is 8.22 Å². The summed E-state index contributed by atoms with van der Waals surface area (Å²) in [7, 11) is 1.70. The van der Waals surface area contributed by atoms with Gasteiger partial charge >= 0.3 is 0 Å². The Labute approximate surface area is 135 Å². The van der Waals surface area contributed by atoms with Crippen molar-refractivity contribution in [2.75, 3.05) is 0 Å². The van der Waals surface area contributed by atoms with Gasteiger partial charge in [-0.1, -0.05) is 20.8 Å². The molecular weight excluding hydrogens is 261 g/mol. The van der Waals surface area contributed by atoms with Crippen LogP contribution in [0.25, 0.3) is 11.3 Å². The number of benzene rings is 1. The van der Waals surface area contributed by atoms with Crippen LogP contribution in [-0.2, 0) is 12.5 Å². The number of hydrogen-bond acceptors (Lipinski definition) is 0. The molecule has 2 aromatic rings. The molecule has 0 saturated heterocycles. The topological polar surface area (TPSA) is 3.88 Å². The molecule has 0 aliphatic rings. The zero-order chi connectivity index (χ0) is 20.9. The predicted octanol–water partition coefficient (Wildman–Crippen LogP) is 4.54. The Kier molecular flexibility index (Phi) is 2.34. The molecule has 2 rings (SSSR count). The first-order valence-electron chi connectivity index (χ1n) is 9.89. The van der Waals surface area contributed by atoms with E-state index in [-0.39, 0.29) is 11.1 Å². The predicted molar refractivity (Wildman–Crippen MR) is 85.9 cm³/mol. The summed E-state index contributed by atoms with van der Waals surface area (Å²) in [6, 6.07) is 4.32. The van der Waals surface area contributed by atoms with Crippen LogP contribution < -0.4 is 4.57 Å². The van der Waals surface area contributed by atoms with E-state index in [0.717, 1.165) is 0 Å². The highest BCUT2D eigenvalue weighted by Crippen LogP contribution is 2.30. The molecule has 1 heterocycles. The van der Waals surface area contributed by atoms with Crippen molar-refractivity contribution in [2.24, 2.45) is 7.05 Å². The Morgan fingerprint density at radius 2 is 1.71 bits per heavy atom. The Hall–Kier alpha value is -1.70. The molecule has 0 spiro atoms. The molecule has 0 atom stereocenters. The van der Waals surface area contributed by atoms with Crippen LogP contribution in [0.2, 0.25) is 0 Å². The molecule has 0 unspecified atom stereocenters. The molecule has 112 valence electrons. The lowest BCUT2D eigenvalue weighted by atomic mass is 9.83. The third kappa shape index (κ3) is 2.99. The second-order valence-electron chi connectivity index (χ2n) is 6.49. The molecule has 0 amide bonds. The van der Waals surface area contributed by atoms with Gasteiger partial charge in [0.25, 0.3) is 0 Å². The molecule has 0 aliphatic heterocycles. The normalized spacial score (nSPS) is 17.2. The van der Waals surface area contributed by atoms with Crippen LogP contribution in [0.1, 0.15) is 51.2 Å². The minimum Gasteiger partial charge on any atom is -0.207 e. The van der Waals surface area contributed by atoms with Crippen LogP contribution in [0.5, 0.6) is 0 Å². The van der Waals surface area contributed by atoms with E-state index >= 15 is 0 Å². The van der Waals surface area contributed by atoms with Gasteiger partial charge in [0.05, 0.1) is 0 Å². The lowest BCUT2D eigenvalue weighted by molar-refractivity contribution is -0.660. The molecule has 1 aromatic heterocycles. The molecule has 0 saturated carbocycles. The van der Waals surface area contributed by atoms with Crippen LogP contribution in [-0.4, -0.2) is 0 Å². The Morgan fingerprint density at radius 1 is 1.05 bits per heavy atom. The molecular formula is C19H25FN+. The summed E-state index contributed by atoms with van der Waals surface area (Å²) in [5.74, 6) is -0.769. The fraction of sp³-hybridized carbons (Fsp3) is 0.421. The highest BCUT2D eigenvalue weighted by atomic mass is 19.1. The average Bonchev–Trinajstić information content (AvgIpc) is 2.44. The second-order valence-corrected chi connectivity index (χ2v) is 6.49. The zero-order valence-corrected chi connectivity index (χ0v) is 13.1. The molecule has 1 aromatic carbocycles. The molecule has 0 aliphatic carbocycles. The van der Waals surface area contributed by atoms with Gasteiger partial charge in [0.2, 0.25) is 5.69 Å². The van der Waals surface area contributed by atoms with Crippen molar-refractivity contribution in [3.05, 3.63) is 52.5 Å². The number of aryl methyl sites for hydroxylation is 4. The van der Waals surface area contributed by atoms with Gasteiger partial charge in [-0.2, -0.15) is 0 Å². The van der Waals surface area contributed by atoms with E-state index < -0.39 is 24.9 Å². The van der Waals surface area contributed by atoms with E-state index in [1.807, 2.05) is 20.8 Å². The van der Waals surface area contributed by atoms with Crippen LogP contribution >= 0.6 is 0 Å². The van der Waals surface area contributed by atoms with Gasteiger partial charge in [-0.25, -0.2) is 8.96 Å². The van der Waals surface area contributed by atoms with Crippen molar-refractivity contribution in [1.82, 2.24) is 0 Å². The summed E-state index contributed by atoms with van der Waals surface area (Å²) < 4.78 is 62.1. The lowest BCUT2D eigenvalue weighted by Crippen LogP contribution is -2.33.